The molecular weight excluding hydrogens is 462 g/mol. The number of amides is 1. The Morgan fingerprint density at radius 1 is 1.23 bits per heavy atom. The highest BCUT2D eigenvalue weighted by Crippen LogP contribution is 2.27. The number of nitrogens with one attached hydrogen (secondary N) is 1. The van der Waals surface area contributed by atoms with Crippen LogP contribution in [0.3, 0.4) is 0 Å². The summed E-state index contributed by atoms with van der Waals surface area (Å²) in [6.07, 6.45) is 1.69. The Kier molecular flexibility index (Phi) is 9.15. The lowest BCUT2D eigenvalue weighted by Crippen LogP contribution is -2.41. The zero-order chi connectivity index (χ0) is 23.0. The minimum Gasteiger partial charge on any atom is -0.354 e. The number of nitro benzene ring substituents is 1. The molecule has 0 aliphatic carbocycles. The van der Waals surface area contributed by atoms with E-state index >= 15 is 0 Å². The van der Waals surface area contributed by atoms with Gasteiger partial charge in [0.2, 0.25) is 15.9 Å². The average Bonchev–Trinajstić information content (AvgIpc) is 2.69. The van der Waals surface area contributed by atoms with Crippen molar-refractivity contribution in [3.8, 4) is 0 Å². The maximum Gasteiger partial charge on any atom is 0.271 e. The van der Waals surface area contributed by atoms with Gasteiger partial charge in [-0.1, -0.05) is 29.8 Å². The maximum absolute atomic E-state index is 12.3. The molecule has 0 heterocycles. The van der Waals surface area contributed by atoms with Crippen LogP contribution < -0.4 is 9.62 Å². The zero-order valence-electron chi connectivity index (χ0n) is 17.2. The Hall–Kier alpha value is -2.30. The standard InChI is InChI=1S/C20H24ClN3O5S2/c1-15-4-9-18(24(26)27)12-19(15)23(31(2,28)29)13-20(25)22-10-3-11-30-14-16-5-7-17(21)8-6-16/h4-9,12H,3,10-11,13-14H2,1-2H3,(H,22,25). The lowest BCUT2D eigenvalue weighted by Gasteiger charge is -2.23. The second kappa shape index (κ2) is 11.4. The molecule has 0 aliphatic heterocycles. The number of thioether (sulfide) groups is 1. The van der Waals surface area contributed by atoms with Gasteiger partial charge in [0.05, 0.1) is 16.9 Å². The molecule has 0 aliphatic rings. The van der Waals surface area contributed by atoms with Crippen molar-refractivity contribution in [2.45, 2.75) is 19.1 Å². The third-order valence-electron chi connectivity index (χ3n) is 4.33. The molecule has 31 heavy (non-hydrogen) atoms. The van der Waals surface area contributed by atoms with Gasteiger partial charge in [0.25, 0.3) is 5.69 Å². The molecule has 2 rings (SSSR count). The van der Waals surface area contributed by atoms with E-state index in [2.05, 4.69) is 5.32 Å². The highest BCUT2D eigenvalue weighted by atomic mass is 35.5. The Balaban J connectivity index is 1.87. The summed E-state index contributed by atoms with van der Waals surface area (Å²) in [5.74, 6) is 1.18. The predicted molar refractivity (Wildman–Crippen MR) is 125 cm³/mol. The van der Waals surface area contributed by atoms with E-state index in [-0.39, 0.29) is 11.4 Å². The molecule has 1 amide bonds. The first-order chi connectivity index (χ1) is 14.6. The number of carbonyl (C=O) groups is 1. The van der Waals surface area contributed by atoms with E-state index in [4.69, 9.17) is 11.6 Å². The van der Waals surface area contributed by atoms with E-state index in [1.54, 1.807) is 18.7 Å². The molecule has 2 aromatic rings. The van der Waals surface area contributed by atoms with E-state index in [1.165, 1.54) is 12.1 Å². The topological polar surface area (TPSA) is 110 Å². The van der Waals surface area contributed by atoms with Crippen LogP contribution in [-0.2, 0) is 20.6 Å². The SMILES string of the molecule is Cc1ccc([N+](=O)[O-])cc1N(CC(=O)NCCCSCc1ccc(Cl)cc1)S(C)(=O)=O. The van der Waals surface area contributed by atoms with Crippen LogP contribution >= 0.6 is 23.4 Å². The van der Waals surface area contributed by atoms with Gasteiger partial charge >= 0.3 is 0 Å². The van der Waals surface area contributed by atoms with Crippen molar-refractivity contribution in [1.29, 1.82) is 0 Å². The van der Waals surface area contributed by atoms with Gasteiger partial charge in [-0.3, -0.25) is 19.2 Å². The summed E-state index contributed by atoms with van der Waals surface area (Å²) in [6, 6.07) is 11.5. The molecule has 0 saturated heterocycles. The summed E-state index contributed by atoms with van der Waals surface area (Å²) in [4.78, 5) is 22.8. The highest BCUT2D eigenvalue weighted by Gasteiger charge is 2.24. The number of nitro groups is 1. The van der Waals surface area contributed by atoms with Gasteiger partial charge in [-0.25, -0.2) is 8.42 Å². The van der Waals surface area contributed by atoms with Crippen LogP contribution in [0, 0.1) is 17.0 Å². The molecule has 0 saturated carbocycles. The van der Waals surface area contributed by atoms with E-state index in [9.17, 15) is 23.3 Å². The van der Waals surface area contributed by atoms with Gasteiger partial charge in [0.15, 0.2) is 0 Å². The third kappa shape index (κ3) is 8.04. The van der Waals surface area contributed by atoms with E-state index in [0.717, 1.165) is 40.1 Å². The van der Waals surface area contributed by atoms with Gasteiger partial charge in [-0.05, 0) is 42.4 Å². The average molecular weight is 486 g/mol. The molecule has 0 spiro atoms. The molecule has 0 aromatic heterocycles. The van der Waals surface area contributed by atoms with Crippen LogP contribution in [0.5, 0.6) is 0 Å². The first kappa shape index (κ1) is 25.0. The monoisotopic (exact) mass is 485 g/mol. The van der Waals surface area contributed by atoms with E-state index in [1.807, 2.05) is 24.3 Å². The molecule has 168 valence electrons. The Morgan fingerprint density at radius 3 is 2.52 bits per heavy atom. The van der Waals surface area contributed by atoms with Gasteiger partial charge in [0.1, 0.15) is 6.54 Å². The van der Waals surface area contributed by atoms with Crippen LogP contribution in [0.1, 0.15) is 17.5 Å². The summed E-state index contributed by atoms with van der Waals surface area (Å²) in [5.41, 5.74) is 1.55. The Morgan fingerprint density at radius 2 is 1.90 bits per heavy atom. The number of carbonyl (C=O) groups excluding carboxylic acids is 1. The van der Waals surface area contributed by atoms with Gasteiger partial charge < -0.3 is 5.32 Å². The van der Waals surface area contributed by atoms with Crippen molar-refractivity contribution < 1.29 is 18.1 Å². The molecule has 0 radical (unpaired) electrons. The van der Waals surface area contributed by atoms with Gasteiger partial charge in [0, 0.05) is 29.5 Å². The molecule has 0 atom stereocenters. The predicted octanol–water partition coefficient (Wildman–Crippen LogP) is 3.76. The number of halogens is 1. The van der Waals surface area contributed by atoms with Crippen molar-refractivity contribution >= 4 is 50.7 Å². The van der Waals surface area contributed by atoms with Crippen LogP contribution in [0.25, 0.3) is 0 Å². The number of aryl methyl sites for hydroxylation is 1. The molecular formula is C20H24ClN3O5S2. The normalized spacial score (nSPS) is 11.2. The second-order valence-electron chi connectivity index (χ2n) is 6.88. The summed E-state index contributed by atoms with van der Waals surface area (Å²) < 4.78 is 25.4. The van der Waals surface area contributed by atoms with Crippen molar-refractivity contribution in [2.75, 3.05) is 29.4 Å². The number of anilines is 1. The third-order valence-corrected chi connectivity index (χ3v) is 6.82. The first-order valence-corrected chi connectivity index (χ1v) is 12.8. The molecule has 1 N–H and O–H groups in total. The summed E-state index contributed by atoms with van der Waals surface area (Å²) in [5, 5.41) is 14.4. The number of hydrogen-bond donors (Lipinski definition) is 1. The first-order valence-electron chi connectivity index (χ1n) is 9.39. The Labute approximate surface area is 191 Å². The second-order valence-corrected chi connectivity index (χ2v) is 10.3. The van der Waals surface area contributed by atoms with Crippen LogP contribution in [0.4, 0.5) is 11.4 Å². The Bertz CT molecular complexity index is 1030. The van der Waals surface area contributed by atoms with Gasteiger partial charge in [-0.2, -0.15) is 11.8 Å². The zero-order valence-corrected chi connectivity index (χ0v) is 19.6. The maximum atomic E-state index is 12.3. The van der Waals surface area contributed by atoms with E-state index in [0.29, 0.717) is 17.1 Å². The largest absolute Gasteiger partial charge is 0.354 e. The molecule has 8 nitrogen and oxygen atoms in total. The fraction of sp³-hybridized carbons (Fsp3) is 0.350. The minimum absolute atomic E-state index is 0.116. The number of sulfonamides is 1. The highest BCUT2D eigenvalue weighted by molar-refractivity contribution is 7.98. The lowest BCUT2D eigenvalue weighted by molar-refractivity contribution is -0.384. The summed E-state index contributed by atoms with van der Waals surface area (Å²) in [7, 11) is -3.81. The minimum atomic E-state index is -3.81. The molecule has 0 fully saturated rings. The van der Waals surface area contributed by atoms with Crippen LogP contribution in [0.15, 0.2) is 42.5 Å². The fourth-order valence-corrected chi connectivity index (χ4v) is 4.67. The summed E-state index contributed by atoms with van der Waals surface area (Å²) >= 11 is 7.58. The lowest BCUT2D eigenvalue weighted by atomic mass is 10.2. The number of benzene rings is 2. The summed E-state index contributed by atoms with van der Waals surface area (Å²) in [6.45, 7) is 1.59. The smallest absolute Gasteiger partial charge is 0.271 e. The number of nitrogens with zero attached hydrogens (tertiary/aromatic N) is 2. The number of hydrogen-bond acceptors (Lipinski definition) is 6. The van der Waals surface area contributed by atoms with Crippen LogP contribution in [0.2, 0.25) is 5.02 Å². The number of rotatable bonds is 11. The van der Waals surface area contributed by atoms with Crippen molar-refractivity contribution in [1.82, 2.24) is 5.32 Å². The van der Waals surface area contributed by atoms with Crippen molar-refractivity contribution in [3.63, 3.8) is 0 Å². The molecule has 11 heteroatoms. The van der Waals surface area contributed by atoms with Gasteiger partial charge in [-0.15, -0.1) is 0 Å². The van der Waals surface area contributed by atoms with Crippen molar-refractivity contribution in [3.05, 3.63) is 68.7 Å². The molecule has 0 bridgehead atoms. The number of non-ortho nitro benzene ring substituents is 1. The van der Waals surface area contributed by atoms with Crippen molar-refractivity contribution in [2.24, 2.45) is 0 Å². The molecule has 0 unspecified atom stereocenters. The quantitative estimate of drug-likeness (QED) is 0.295. The molecule has 2 aromatic carbocycles. The van der Waals surface area contributed by atoms with E-state index < -0.39 is 27.4 Å². The van der Waals surface area contributed by atoms with Crippen LogP contribution in [-0.4, -0.2) is 44.3 Å². The fourth-order valence-electron chi connectivity index (χ4n) is 2.72.